The number of fused-ring (bicyclic) bond motifs is 8. The highest BCUT2D eigenvalue weighted by molar-refractivity contribution is 6.16. The van der Waals surface area contributed by atoms with Crippen molar-refractivity contribution in [1.82, 2.24) is 0 Å². The zero-order valence-electron chi connectivity index (χ0n) is 46.5. The van der Waals surface area contributed by atoms with Crippen LogP contribution in [0.25, 0.3) is 60.7 Å². The summed E-state index contributed by atoms with van der Waals surface area (Å²) in [6.07, 6.45) is 21.1. The molecular formula is C77H64N2O2. The second kappa shape index (κ2) is 22.3. The molecule has 0 N–H and O–H groups in total. The van der Waals surface area contributed by atoms with E-state index in [1.807, 2.05) is 49.5 Å². The smallest absolute Gasteiger partial charge is 0.159 e. The zero-order valence-corrected chi connectivity index (χ0v) is 46.5. The van der Waals surface area contributed by atoms with E-state index >= 15 is 0 Å². The predicted molar refractivity (Wildman–Crippen MR) is 347 cm³/mol. The number of rotatable bonds is 18. The number of para-hydroxylation sites is 3. The van der Waals surface area contributed by atoms with Gasteiger partial charge in [0.05, 0.1) is 22.5 Å². The molecule has 1 aliphatic rings. The highest BCUT2D eigenvalue weighted by Crippen LogP contribution is 2.61. The van der Waals surface area contributed by atoms with Crippen LogP contribution in [0.2, 0.25) is 0 Å². The maximum absolute atomic E-state index is 7.19. The molecule has 8 aromatic carbocycles. The maximum atomic E-state index is 7.19. The van der Waals surface area contributed by atoms with Gasteiger partial charge in [-0.1, -0.05) is 234 Å². The molecule has 0 fully saturated rings. The van der Waals surface area contributed by atoms with Crippen LogP contribution in [0.3, 0.4) is 0 Å². The molecule has 0 spiro atoms. The number of hydrogen-bond donors (Lipinski definition) is 0. The molecule has 0 saturated carbocycles. The van der Waals surface area contributed by atoms with E-state index in [9.17, 15) is 0 Å². The van der Waals surface area contributed by atoms with Crippen LogP contribution in [0.15, 0.2) is 302 Å². The third kappa shape index (κ3) is 8.64. The second-order valence-corrected chi connectivity index (χ2v) is 20.1. The summed E-state index contributed by atoms with van der Waals surface area (Å²) in [4.78, 5) is 4.64. The van der Waals surface area contributed by atoms with Crippen LogP contribution in [-0.4, -0.2) is 0 Å². The van der Waals surface area contributed by atoms with Crippen molar-refractivity contribution >= 4 is 72.3 Å². The Morgan fingerprint density at radius 2 is 1.09 bits per heavy atom. The van der Waals surface area contributed by atoms with Crippen molar-refractivity contribution < 1.29 is 8.83 Å². The summed E-state index contributed by atoms with van der Waals surface area (Å²) in [6, 6.07) is 63.7. The Labute approximate surface area is 476 Å². The first kappa shape index (κ1) is 52.9. The summed E-state index contributed by atoms with van der Waals surface area (Å²) in [6.45, 7) is 33.2. The number of anilines is 4. The van der Waals surface area contributed by atoms with E-state index in [0.29, 0.717) is 0 Å². The van der Waals surface area contributed by atoms with Gasteiger partial charge in [-0.2, -0.15) is 0 Å². The quantitative estimate of drug-likeness (QED) is 0.0802. The first-order valence-corrected chi connectivity index (χ1v) is 27.4. The van der Waals surface area contributed by atoms with Crippen LogP contribution in [0.5, 0.6) is 0 Å². The Morgan fingerprint density at radius 3 is 1.70 bits per heavy atom. The molecule has 2 aromatic heterocycles. The lowest BCUT2D eigenvalue weighted by Gasteiger charge is -2.36. The standard InChI is InChI=1S/C77H64N2O2/c1-11-32-53(14-4)60(17-7)73-51(9)52(10)74(80-73)69(18-8)78(57(16-6)34-13-3)59-47-48-66-67(49-59)77(55-35-22-19-23-36-55,56-37-24-20-25-38-56)68-50-71(62-41-28-29-42-63(62)72(66)68)79(58-39-26-21-27-40-58)70-46-31-45-65-64-44-30-43-61(54(15-5)33-12-2)75(64)81-76(65)70/h11-50H,1-6H2,7-10H3/b53-32+,54-33+,57-34+,60-17-,69-18+. The van der Waals surface area contributed by atoms with Gasteiger partial charge in [-0.3, -0.25) is 0 Å². The molecule has 394 valence electrons. The van der Waals surface area contributed by atoms with Crippen molar-refractivity contribution in [3.8, 4) is 11.1 Å². The molecule has 0 unspecified atom stereocenters. The van der Waals surface area contributed by atoms with E-state index in [1.165, 1.54) is 5.56 Å². The summed E-state index contributed by atoms with van der Waals surface area (Å²) in [7, 11) is 0. The largest absolute Gasteiger partial charge is 0.454 e. The molecule has 0 bridgehead atoms. The minimum Gasteiger partial charge on any atom is -0.454 e. The molecule has 1 aliphatic carbocycles. The van der Waals surface area contributed by atoms with Gasteiger partial charge in [0, 0.05) is 49.9 Å². The zero-order chi connectivity index (χ0) is 56.4. The maximum Gasteiger partial charge on any atom is 0.159 e. The molecule has 0 aliphatic heterocycles. The molecule has 4 heteroatoms. The van der Waals surface area contributed by atoms with E-state index < -0.39 is 5.41 Å². The topological polar surface area (TPSA) is 32.8 Å². The van der Waals surface area contributed by atoms with Crippen molar-refractivity contribution in [2.24, 2.45) is 0 Å². The fraction of sp³-hybridized carbons (Fsp3) is 0.0649. The van der Waals surface area contributed by atoms with Gasteiger partial charge in [-0.15, -0.1) is 0 Å². The molecule has 0 amide bonds. The molecule has 10 aromatic rings. The molecule has 2 heterocycles. The number of allylic oxidation sites excluding steroid dienone is 14. The van der Waals surface area contributed by atoms with E-state index in [2.05, 4.69) is 258 Å². The highest BCUT2D eigenvalue weighted by Gasteiger charge is 2.48. The summed E-state index contributed by atoms with van der Waals surface area (Å²) >= 11 is 0. The summed E-state index contributed by atoms with van der Waals surface area (Å²) < 4.78 is 14.3. The van der Waals surface area contributed by atoms with Crippen molar-refractivity contribution in [3.63, 3.8) is 0 Å². The first-order chi connectivity index (χ1) is 39.7. The van der Waals surface area contributed by atoms with Gasteiger partial charge in [0.1, 0.15) is 11.3 Å². The lowest BCUT2D eigenvalue weighted by atomic mass is 9.67. The number of benzene rings is 8. The van der Waals surface area contributed by atoms with Crippen LogP contribution in [0.1, 0.15) is 64.3 Å². The fourth-order valence-electron chi connectivity index (χ4n) is 12.3. The fourth-order valence-corrected chi connectivity index (χ4v) is 12.3. The van der Waals surface area contributed by atoms with Crippen LogP contribution in [0.4, 0.5) is 22.7 Å². The van der Waals surface area contributed by atoms with Crippen molar-refractivity contribution in [2.75, 3.05) is 9.80 Å². The Bertz CT molecular complexity index is 4280. The Morgan fingerprint density at radius 1 is 0.481 bits per heavy atom. The Balaban J connectivity index is 1.22. The molecule has 81 heavy (non-hydrogen) atoms. The minimum absolute atomic E-state index is 0.742. The third-order valence-electron chi connectivity index (χ3n) is 15.9. The van der Waals surface area contributed by atoms with E-state index in [1.54, 1.807) is 12.2 Å². The lowest BCUT2D eigenvalue weighted by Crippen LogP contribution is -2.29. The van der Waals surface area contributed by atoms with Gasteiger partial charge in [0.2, 0.25) is 0 Å². The van der Waals surface area contributed by atoms with Crippen LogP contribution >= 0.6 is 0 Å². The molecule has 4 nitrogen and oxygen atoms in total. The van der Waals surface area contributed by atoms with Gasteiger partial charge < -0.3 is 18.6 Å². The average Bonchev–Trinajstić information content (AvgIpc) is 2.28. The van der Waals surface area contributed by atoms with E-state index in [-0.39, 0.29) is 0 Å². The lowest BCUT2D eigenvalue weighted by molar-refractivity contribution is 0.534. The van der Waals surface area contributed by atoms with Crippen LogP contribution < -0.4 is 9.80 Å². The number of hydrogen-bond acceptors (Lipinski definition) is 4. The van der Waals surface area contributed by atoms with Gasteiger partial charge in [-0.25, -0.2) is 0 Å². The normalized spacial score (nSPS) is 13.5. The van der Waals surface area contributed by atoms with Crippen molar-refractivity contribution in [3.05, 3.63) is 344 Å². The first-order valence-electron chi connectivity index (χ1n) is 27.4. The molecule has 0 atom stereocenters. The molecule has 0 saturated heterocycles. The molecule has 0 radical (unpaired) electrons. The van der Waals surface area contributed by atoms with Gasteiger partial charge in [0.15, 0.2) is 11.3 Å². The van der Waals surface area contributed by atoms with Crippen LogP contribution in [-0.2, 0) is 5.41 Å². The summed E-state index contributed by atoms with van der Waals surface area (Å²) in [5.41, 5.74) is 18.9. The van der Waals surface area contributed by atoms with Crippen LogP contribution in [0, 0.1) is 13.8 Å². The van der Waals surface area contributed by atoms with Crippen molar-refractivity contribution in [1.29, 1.82) is 0 Å². The van der Waals surface area contributed by atoms with E-state index in [4.69, 9.17) is 8.83 Å². The number of furan rings is 2. The van der Waals surface area contributed by atoms with Gasteiger partial charge >= 0.3 is 0 Å². The SMILES string of the molecule is C=C/C=C(C=C)/C(=C/C)c1oc(/C(=C\C)N(/C(C=C)=C/C=C)c2ccc3c(c2)C(c2ccccc2)(c2ccccc2)c2cc(N(c4ccccc4)c4cccc5c4oc4c(/C(C=C)=C/C=C)cccc45)c4ccccc4c2-3)c(C)c1C. The van der Waals surface area contributed by atoms with Crippen molar-refractivity contribution in [2.45, 2.75) is 33.1 Å². The summed E-state index contributed by atoms with van der Waals surface area (Å²) in [5.74, 6) is 1.52. The van der Waals surface area contributed by atoms with Gasteiger partial charge in [0.25, 0.3) is 0 Å². The van der Waals surface area contributed by atoms with E-state index in [0.717, 1.165) is 140 Å². The average molecular weight is 1050 g/mol. The molecular weight excluding hydrogens is 985 g/mol. The Kier molecular flexibility index (Phi) is 14.6. The van der Waals surface area contributed by atoms with Gasteiger partial charge in [-0.05, 0) is 132 Å². The highest BCUT2D eigenvalue weighted by atomic mass is 16.3. The summed E-state index contributed by atoms with van der Waals surface area (Å²) in [5, 5.41) is 4.25. The second-order valence-electron chi connectivity index (χ2n) is 20.1. The minimum atomic E-state index is -0.842. The Hall–Kier alpha value is -10.2. The molecule has 11 rings (SSSR count). The third-order valence-corrected chi connectivity index (χ3v) is 15.9. The monoisotopic (exact) mass is 1050 g/mol. The predicted octanol–water partition coefficient (Wildman–Crippen LogP) is 21.4. The number of nitrogens with zero attached hydrogens (tertiary/aromatic N) is 2.